The van der Waals surface area contributed by atoms with Gasteiger partial charge in [-0.25, -0.2) is 4.79 Å². The summed E-state index contributed by atoms with van der Waals surface area (Å²) in [6, 6.07) is 10.4. The Labute approximate surface area is 148 Å². The zero-order chi connectivity index (χ0) is 17.4. The van der Waals surface area contributed by atoms with Gasteiger partial charge >= 0.3 is 5.69 Å². The molecule has 0 radical (unpaired) electrons. The molecule has 25 heavy (non-hydrogen) atoms. The van der Waals surface area contributed by atoms with Crippen molar-refractivity contribution in [3.05, 3.63) is 75.7 Å². The molecule has 4 rings (SSSR count). The lowest BCUT2D eigenvalue weighted by molar-refractivity contribution is 0.0706. The van der Waals surface area contributed by atoms with Gasteiger partial charge in [-0.3, -0.25) is 14.3 Å². The van der Waals surface area contributed by atoms with Crippen molar-refractivity contribution < 1.29 is 4.79 Å². The zero-order valence-corrected chi connectivity index (χ0v) is 13.9. The molecule has 8 heteroatoms. The van der Waals surface area contributed by atoms with Crippen molar-refractivity contribution in [1.82, 2.24) is 24.2 Å². The van der Waals surface area contributed by atoms with Crippen LogP contribution in [-0.4, -0.2) is 36.7 Å². The number of nitrogens with zero attached hydrogens (tertiary/aromatic N) is 5. The van der Waals surface area contributed by atoms with Crippen molar-refractivity contribution in [3.63, 3.8) is 0 Å². The molecule has 1 aliphatic heterocycles. The average Bonchev–Trinajstić information content (AvgIpc) is 2.98. The molecule has 126 valence electrons. The van der Waals surface area contributed by atoms with Gasteiger partial charge in [0, 0.05) is 25.5 Å². The van der Waals surface area contributed by atoms with Crippen LogP contribution in [0.2, 0.25) is 5.02 Å². The van der Waals surface area contributed by atoms with Gasteiger partial charge in [-0.2, -0.15) is 4.68 Å². The minimum atomic E-state index is -0.217. The zero-order valence-electron chi connectivity index (χ0n) is 13.2. The number of aromatic nitrogens is 4. The van der Waals surface area contributed by atoms with Crippen LogP contribution in [0.4, 0.5) is 0 Å². The van der Waals surface area contributed by atoms with Crippen LogP contribution in [0.5, 0.6) is 0 Å². The van der Waals surface area contributed by atoms with Gasteiger partial charge in [0.25, 0.3) is 5.91 Å². The lowest BCUT2D eigenvalue weighted by Crippen LogP contribution is -2.41. The third-order valence-corrected chi connectivity index (χ3v) is 4.49. The summed E-state index contributed by atoms with van der Waals surface area (Å²) in [7, 11) is 0. The average molecular weight is 356 g/mol. The topological polar surface area (TPSA) is 73.0 Å². The van der Waals surface area contributed by atoms with Crippen molar-refractivity contribution in [2.24, 2.45) is 0 Å². The molecular weight excluding hydrogens is 342 g/mol. The number of halogens is 1. The monoisotopic (exact) mass is 355 g/mol. The first-order valence-electron chi connectivity index (χ1n) is 7.78. The molecule has 0 aliphatic carbocycles. The Balaban J connectivity index is 1.65. The molecule has 0 saturated heterocycles. The van der Waals surface area contributed by atoms with Gasteiger partial charge in [-0.05, 0) is 24.3 Å². The van der Waals surface area contributed by atoms with E-state index in [9.17, 15) is 9.59 Å². The van der Waals surface area contributed by atoms with Crippen molar-refractivity contribution >= 4 is 17.5 Å². The maximum absolute atomic E-state index is 12.7. The van der Waals surface area contributed by atoms with E-state index in [0.29, 0.717) is 35.2 Å². The van der Waals surface area contributed by atoms with Crippen molar-refractivity contribution in [2.45, 2.75) is 13.1 Å². The molecule has 0 N–H and O–H groups in total. The molecule has 0 unspecified atom stereocenters. The quantitative estimate of drug-likeness (QED) is 0.702. The van der Waals surface area contributed by atoms with Gasteiger partial charge in [0.15, 0.2) is 5.82 Å². The molecule has 0 saturated carbocycles. The summed E-state index contributed by atoms with van der Waals surface area (Å²) in [6.07, 6.45) is 3.21. The maximum atomic E-state index is 12.7. The number of amides is 1. The van der Waals surface area contributed by atoms with E-state index >= 15 is 0 Å². The van der Waals surface area contributed by atoms with Crippen LogP contribution >= 0.6 is 11.6 Å². The fourth-order valence-corrected chi connectivity index (χ4v) is 3.10. The standard InChI is InChI=1S/C17H14ClN5O2/c18-14-4-2-1-3-13(14)16(24)21-9-10-22-15(11-21)20-23(17(22)25)12-5-7-19-8-6-12/h1-8H,9-11H2. The number of hydrogen-bond donors (Lipinski definition) is 0. The van der Waals surface area contributed by atoms with E-state index in [2.05, 4.69) is 10.1 Å². The lowest BCUT2D eigenvalue weighted by Gasteiger charge is -2.27. The summed E-state index contributed by atoms with van der Waals surface area (Å²) < 4.78 is 2.93. The summed E-state index contributed by atoms with van der Waals surface area (Å²) in [6.45, 7) is 1.09. The van der Waals surface area contributed by atoms with E-state index in [1.807, 2.05) is 0 Å². The third-order valence-electron chi connectivity index (χ3n) is 4.16. The van der Waals surface area contributed by atoms with Crippen LogP contribution in [0.25, 0.3) is 5.69 Å². The first-order chi connectivity index (χ1) is 12.1. The number of pyridine rings is 1. The fourth-order valence-electron chi connectivity index (χ4n) is 2.88. The van der Waals surface area contributed by atoms with Crippen molar-refractivity contribution in [3.8, 4) is 5.69 Å². The predicted octanol–water partition coefficient (Wildman–Crippen LogP) is 1.74. The molecule has 0 bridgehead atoms. The number of rotatable bonds is 2. The number of carbonyl (C=O) groups excluding carboxylic acids is 1. The van der Waals surface area contributed by atoms with Crippen LogP contribution in [0, 0.1) is 0 Å². The minimum Gasteiger partial charge on any atom is -0.329 e. The van der Waals surface area contributed by atoms with Gasteiger partial charge in [0.1, 0.15) is 0 Å². The Bertz CT molecular complexity index is 996. The second-order valence-corrected chi connectivity index (χ2v) is 6.08. The molecule has 2 aromatic heterocycles. The largest absolute Gasteiger partial charge is 0.350 e. The Hall–Kier alpha value is -2.93. The highest BCUT2D eigenvalue weighted by Gasteiger charge is 2.26. The molecule has 1 amide bonds. The second-order valence-electron chi connectivity index (χ2n) is 5.67. The van der Waals surface area contributed by atoms with Crippen LogP contribution in [0.3, 0.4) is 0 Å². The summed E-state index contributed by atoms with van der Waals surface area (Å²) in [5, 5.41) is 4.80. The number of hydrogen-bond acceptors (Lipinski definition) is 4. The van der Waals surface area contributed by atoms with Crippen LogP contribution < -0.4 is 5.69 Å². The first kappa shape index (κ1) is 15.6. The summed E-state index contributed by atoms with van der Waals surface area (Å²) in [5.41, 5.74) is 0.880. The third kappa shape index (κ3) is 2.72. The molecule has 1 aliphatic rings. The normalized spacial score (nSPS) is 13.6. The number of carbonyl (C=O) groups is 1. The first-order valence-corrected chi connectivity index (χ1v) is 8.16. The highest BCUT2D eigenvalue weighted by atomic mass is 35.5. The maximum Gasteiger partial charge on any atom is 0.350 e. The van der Waals surface area contributed by atoms with Crippen molar-refractivity contribution in [2.75, 3.05) is 6.54 Å². The summed E-state index contributed by atoms with van der Waals surface area (Å²) in [4.78, 5) is 30.8. The van der Waals surface area contributed by atoms with Crippen LogP contribution in [0.15, 0.2) is 53.6 Å². The molecule has 0 fully saturated rings. The Morgan fingerprint density at radius 3 is 2.60 bits per heavy atom. The number of benzene rings is 1. The highest BCUT2D eigenvalue weighted by Crippen LogP contribution is 2.19. The van der Waals surface area contributed by atoms with E-state index in [-0.39, 0.29) is 18.1 Å². The van der Waals surface area contributed by atoms with E-state index < -0.39 is 0 Å². The lowest BCUT2D eigenvalue weighted by atomic mass is 10.2. The molecular formula is C17H14ClN5O2. The Morgan fingerprint density at radius 2 is 1.84 bits per heavy atom. The molecule has 0 spiro atoms. The van der Waals surface area contributed by atoms with Crippen LogP contribution in [0.1, 0.15) is 16.2 Å². The Morgan fingerprint density at radius 1 is 1.08 bits per heavy atom. The Kier molecular flexibility index (Phi) is 3.85. The van der Waals surface area contributed by atoms with E-state index in [0.717, 1.165) is 0 Å². The van der Waals surface area contributed by atoms with Crippen molar-refractivity contribution in [1.29, 1.82) is 0 Å². The summed E-state index contributed by atoms with van der Waals surface area (Å²) >= 11 is 6.12. The molecule has 3 heterocycles. The van der Waals surface area contributed by atoms with Gasteiger partial charge in [0.2, 0.25) is 0 Å². The van der Waals surface area contributed by atoms with Gasteiger partial charge in [-0.15, -0.1) is 5.10 Å². The molecule has 0 atom stereocenters. The molecule has 7 nitrogen and oxygen atoms in total. The van der Waals surface area contributed by atoms with E-state index in [4.69, 9.17) is 11.6 Å². The van der Waals surface area contributed by atoms with E-state index in [1.54, 1.807) is 58.3 Å². The van der Waals surface area contributed by atoms with E-state index in [1.165, 1.54) is 4.68 Å². The fraction of sp³-hybridized carbons (Fsp3) is 0.176. The molecule has 3 aromatic rings. The summed E-state index contributed by atoms with van der Waals surface area (Å²) in [5.74, 6) is 0.385. The molecule has 1 aromatic carbocycles. The van der Waals surface area contributed by atoms with Gasteiger partial charge < -0.3 is 4.90 Å². The highest BCUT2D eigenvalue weighted by molar-refractivity contribution is 6.33. The predicted molar refractivity (Wildman–Crippen MR) is 91.8 cm³/mol. The van der Waals surface area contributed by atoms with Gasteiger partial charge in [-0.1, -0.05) is 23.7 Å². The smallest absolute Gasteiger partial charge is 0.329 e. The van der Waals surface area contributed by atoms with Crippen LogP contribution in [-0.2, 0) is 13.1 Å². The number of fused-ring (bicyclic) bond motifs is 1. The van der Waals surface area contributed by atoms with Gasteiger partial charge in [0.05, 0.1) is 22.8 Å². The second kappa shape index (κ2) is 6.18. The SMILES string of the molecule is O=C(c1ccccc1Cl)N1CCn2c(nn(-c3ccncc3)c2=O)C1. The minimum absolute atomic E-state index is 0.164.